The van der Waals surface area contributed by atoms with Gasteiger partial charge in [-0.05, 0) is 26.0 Å². The van der Waals surface area contributed by atoms with Gasteiger partial charge in [0.1, 0.15) is 17.3 Å². The van der Waals surface area contributed by atoms with Crippen molar-refractivity contribution < 1.29 is 13.6 Å². The van der Waals surface area contributed by atoms with Crippen molar-refractivity contribution in [2.24, 2.45) is 7.05 Å². The molecule has 3 rings (SSSR count). The van der Waals surface area contributed by atoms with Gasteiger partial charge in [0.25, 0.3) is 0 Å². The zero-order valence-electron chi connectivity index (χ0n) is 15.0. The number of anilines is 1. The monoisotopic (exact) mass is 388 g/mol. The second kappa shape index (κ2) is 7.87. The van der Waals surface area contributed by atoms with Gasteiger partial charge in [-0.25, -0.2) is 8.78 Å². The molecule has 1 heterocycles. The highest BCUT2D eigenvalue weighted by Gasteiger charge is 2.21. The number of aryl methyl sites for hydroxylation is 1. The van der Waals surface area contributed by atoms with Crippen LogP contribution in [0.5, 0.6) is 0 Å². The van der Waals surface area contributed by atoms with Crippen LogP contribution >= 0.6 is 11.8 Å². The molecule has 0 radical (unpaired) electrons. The fourth-order valence-corrected chi connectivity index (χ4v) is 3.24. The molecule has 5 nitrogen and oxygen atoms in total. The van der Waals surface area contributed by atoms with E-state index in [4.69, 9.17) is 0 Å². The van der Waals surface area contributed by atoms with Gasteiger partial charge in [-0.1, -0.05) is 47.7 Å². The number of para-hydroxylation sites is 1. The van der Waals surface area contributed by atoms with Crippen molar-refractivity contribution in [3.05, 3.63) is 59.7 Å². The van der Waals surface area contributed by atoms with Crippen LogP contribution in [-0.2, 0) is 11.8 Å². The minimum absolute atomic E-state index is 0.451. The van der Waals surface area contributed by atoms with Crippen LogP contribution in [0.15, 0.2) is 47.6 Å². The topological polar surface area (TPSA) is 59.8 Å². The third-order valence-electron chi connectivity index (χ3n) is 4.01. The molecule has 0 aliphatic rings. The average Bonchev–Trinajstić information content (AvgIpc) is 2.99. The van der Waals surface area contributed by atoms with E-state index in [0.29, 0.717) is 11.0 Å². The lowest BCUT2D eigenvalue weighted by Crippen LogP contribution is -2.24. The van der Waals surface area contributed by atoms with Gasteiger partial charge in [-0.2, -0.15) is 0 Å². The maximum absolute atomic E-state index is 13.7. The summed E-state index contributed by atoms with van der Waals surface area (Å²) in [7, 11) is 1.80. The van der Waals surface area contributed by atoms with Crippen molar-refractivity contribution in [2.75, 3.05) is 5.32 Å². The lowest BCUT2D eigenvalue weighted by Gasteiger charge is -2.12. The maximum Gasteiger partial charge on any atom is 0.237 e. The van der Waals surface area contributed by atoms with Gasteiger partial charge in [0.05, 0.1) is 5.25 Å². The predicted octanol–water partition coefficient (Wildman–Crippen LogP) is 4.19. The molecular weight excluding hydrogens is 370 g/mol. The van der Waals surface area contributed by atoms with Crippen LogP contribution < -0.4 is 5.32 Å². The zero-order valence-corrected chi connectivity index (χ0v) is 15.8. The number of rotatable bonds is 5. The molecular formula is C19H18F2N4OS. The normalized spacial score (nSPS) is 12.0. The third-order valence-corrected chi connectivity index (χ3v) is 5.14. The molecule has 27 heavy (non-hydrogen) atoms. The van der Waals surface area contributed by atoms with Crippen molar-refractivity contribution in [1.29, 1.82) is 0 Å². The average molecular weight is 388 g/mol. The van der Waals surface area contributed by atoms with Crippen LogP contribution in [0, 0.1) is 18.6 Å². The van der Waals surface area contributed by atoms with Gasteiger partial charge in [-0.3, -0.25) is 4.79 Å². The number of carbonyl (C=O) groups excluding carboxylic acids is 1. The summed E-state index contributed by atoms with van der Waals surface area (Å²) < 4.78 is 29.2. The minimum Gasteiger partial charge on any atom is -0.320 e. The van der Waals surface area contributed by atoms with Gasteiger partial charge >= 0.3 is 0 Å². The highest BCUT2D eigenvalue weighted by molar-refractivity contribution is 8.00. The number of carbonyl (C=O) groups is 1. The summed E-state index contributed by atoms with van der Waals surface area (Å²) in [5.41, 5.74) is 1.60. The summed E-state index contributed by atoms with van der Waals surface area (Å²) in [5, 5.41) is 10.5. The predicted molar refractivity (Wildman–Crippen MR) is 101 cm³/mol. The number of hydrogen-bond acceptors (Lipinski definition) is 4. The number of benzene rings is 2. The second-order valence-electron chi connectivity index (χ2n) is 6.08. The number of thioether (sulfide) groups is 1. The molecule has 0 fully saturated rings. The van der Waals surface area contributed by atoms with Crippen LogP contribution in [0.25, 0.3) is 11.4 Å². The van der Waals surface area contributed by atoms with Gasteiger partial charge in [0.2, 0.25) is 5.91 Å². The van der Waals surface area contributed by atoms with Crippen LogP contribution in [0.2, 0.25) is 0 Å². The molecule has 1 aromatic heterocycles. The molecule has 1 unspecified atom stereocenters. The van der Waals surface area contributed by atoms with E-state index in [1.807, 2.05) is 31.2 Å². The van der Waals surface area contributed by atoms with E-state index in [9.17, 15) is 13.6 Å². The van der Waals surface area contributed by atoms with Gasteiger partial charge < -0.3 is 9.88 Å². The Bertz CT molecular complexity index is 952. The molecule has 3 aromatic rings. The molecule has 0 aliphatic heterocycles. The molecule has 0 bridgehead atoms. The van der Waals surface area contributed by atoms with E-state index in [0.717, 1.165) is 35.0 Å². The summed E-state index contributed by atoms with van der Waals surface area (Å²) in [4.78, 5) is 12.3. The van der Waals surface area contributed by atoms with Crippen LogP contribution in [0.3, 0.4) is 0 Å². The molecule has 0 aliphatic carbocycles. The standard InChI is InChI=1S/C19H18F2N4OS/c1-11-7-9-13(10-8-11)17-23-24-19(25(17)3)27-12(2)18(26)22-16-14(20)5-4-6-15(16)21/h4-10,12H,1-3H3,(H,22,26). The van der Waals surface area contributed by atoms with Crippen molar-refractivity contribution in [3.63, 3.8) is 0 Å². The van der Waals surface area contributed by atoms with E-state index in [2.05, 4.69) is 15.5 Å². The largest absolute Gasteiger partial charge is 0.320 e. The van der Waals surface area contributed by atoms with Crippen molar-refractivity contribution in [3.8, 4) is 11.4 Å². The molecule has 1 atom stereocenters. The Labute approximate surface area is 159 Å². The first-order valence-corrected chi connectivity index (χ1v) is 9.12. The molecule has 0 spiro atoms. The molecule has 1 N–H and O–H groups in total. The van der Waals surface area contributed by atoms with E-state index < -0.39 is 28.5 Å². The molecule has 8 heteroatoms. The first-order valence-electron chi connectivity index (χ1n) is 8.24. The smallest absolute Gasteiger partial charge is 0.237 e. The van der Waals surface area contributed by atoms with E-state index in [-0.39, 0.29) is 0 Å². The molecule has 0 saturated heterocycles. The Morgan fingerprint density at radius 2 is 1.74 bits per heavy atom. The Kier molecular flexibility index (Phi) is 5.55. The number of amides is 1. The number of aromatic nitrogens is 3. The van der Waals surface area contributed by atoms with E-state index in [1.165, 1.54) is 6.07 Å². The van der Waals surface area contributed by atoms with E-state index >= 15 is 0 Å². The first kappa shape index (κ1) is 19.0. The van der Waals surface area contributed by atoms with Gasteiger partial charge in [0, 0.05) is 12.6 Å². The van der Waals surface area contributed by atoms with Gasteiger partial charge in [0.15, 0.2) is 11.0 Å². The lowest BCUT2D eigenvalue weighted by molar-refractivity contribution is -0.115. The van der Waals surface area contributed by atoms with Crippen LogP contribution in [0.1, 0.15) is 12.5 Å². The number of halogens is 2. The Balaban J connectivity index is 1.73. The Hall–Kier alpha value is -2.74. The Morgan fingerprint density at radius 3 is 2.37 bits per heavy atom. The quantitative estimate of drug-likeness (QED) is 0.666. The summed E-state index contributed by atoms with van der Waals surface area (Å²) in [6.45, 7) is 3.64. The second-order valence-corrected chi connectivity index (χ2v) is 7.39. The molecule has 1 amide bonds. The summed E-state index contributed by atoms with van der Waals surface area (Å²) >= 11 is 1.16. The first-order chi connectivity index (χ1) is 12.9. The summed E-state index contributed by atoms with van der Waals surface area (Å²) in [5.74, 6) is -1.49. The summed E-state index contributed by atoms with van der Waals surface area (Å²) in [6.07, 6.45) is 0. The highest BCUT2D eigenvalue weighted by atomic mass is 32.2. The summed E-state index contributed by atoms with van der Waals surface area (Å²) in [6, 6.07) is 11.3. The van der Waals surface area contributed by atoms with Crippen molar-refractivity contribution in [1.82, 2.24) is 14.8 Å². The SMILES string of the molecule is Cc1ccc(-c2nnc(SC(C)C(=O)Nc3c(F)cccc3F)n2C)cc1. The van der Waals surface area contributed by atoms with Gasteiger partial charge in [-0.15, -0.1) is 10.2 Å². The maximum atomic E-state index is 13.7. The number of hydrogen-bond donors (Lipinski definition) is 1. The number of nitrogens with one attached hydrogen (secondary N) is 1. The zero-order chi connectivity index (χ0) is 19.6. The van der Waals surface area contributed by atoms with Crippen LogP contribution in [0.4, 0.5) is 14.5 Å². The van der Waals surface area contributed by atoms with E-state index in [1.54, 1.807) is 18.5 Å². The molecule has 2 aromatic carbocycles. The molecule has 140 valence electrons. The number of nitrogens with zero attached hydrogens (tertiary/aromatic N) is 3. The van der Waals surface area contributed by atoms with Crippen molar-refractivity contribution >= 4 is 23.4 Å². The fourth-order valence-electron chi connectivity index (χ4n) is 2.43. The Morgan fingerprint density at radius 1 is 1.11 bits per heavy atom. The van der Waals surface area contributed by atoms with Crippen LogP contribution in [-0.4, -0.2) is 25.9 Å². The molecule has 0 saturated carbocycles. The minimum atomic E-state index is -0.819. The fraction of sp³-hybridized carbons (Fsp3) is 0.211. The third kappa shape index (κ3) is 4.16. The lowest BCUT2D eigenvalue weighted by atomic mass is 10.1. The highest BCUT2D eigenvalue weighted by Crippen LogP contribution is 2.27. The van der Waals surface area contributed by atoms with Crippen molar-refractivity contribution in [2.45, 2.75) is 24.3 Å².